The van der Waals surface area contributed by atoms with Gasteiger partial charge in [-0.15, -0.1) is 0 Å². The molecule has 11 heteroatoms. The average Bonchev–Trinajstić information content (AvgIpc) is 2.85. The highest BCUT2D eigenvalue weighted by atomic mass is 127. The fourth-order valence-electron chi connectivity index (χ4n) is 3.66. The van der Waals surface area contributed by atoms with Crippen molar-refractivity contribution < 1.29 is 29.3 Å². The van der Waals surface area contributed by atoms with Gasteiger partial charge in [0, 0.05) is 30.3 Å². The number of hydrogen-bond acceptors (Lipinski definition) is 7. The van der Waals surface area contributed by atoms with Crippen LogP contribution in [-0.4, -0.2) is 60.9 Å². The van der Waals surface area contributed by atoms with Gasteiger partial charge in [-0.25, -0.2) is 0 Å². The largest absolute Gasteiger partial charge is 0.493 e. The van der Waals surface area contributed by atoms with Crippen molar-refractivity contribution in [3.05, 3.63) is 66.7 Å². The zero-order chi connectivity index (χ0) is 25.5. The molecule has 1 amide bonds. The molecule has 8 nitrogen and oxygen atoms in total. The van der Waals surface area contributed by atoms with Crippen molar-refractivity contribution in [1.82, 2.24) is 10.6 Å². The highest BCUT2D eigenvalue weighted by Gasteiger charge is 2.36. The maximum Gasteiger partial charge on any atom is 0.247 e. The van der Waals surface area contributed by atoms with Crippen LogP contribution in [0.4, 0.5) is 0 Å². The van der Waals surface area contributed by atoms with Gasteiger partial charge in [0.15, 0.2) is 11.5 Å². The lowest BCUT2D eigenvalue weighted by molar-refractivity contribution is -0.118. The molecule has 0 spiro atoms. The molecule has 0 heterocycles. The van der Waals surface area contributed by atoms with Gasteiger partial charge in [-0.05, 0) is 64.9 Å². The van der Waals surface area contributed by atoms with Crippen molar-refractivity contribution in [2.24, 2.45) is 0 Å². The van der Waals surface area contributed by atoms with E-state index < -0.39 is 18.2 Å². The number of ether oxygens (including phenoxy) is 2. The lowest BCUT2D eigenvalue weighted by Crippen LogP contribution is -2.51. The molecule has 2 aromatic rings. The second-order valence-electron chi connectivity index (χ2n) is 7.84. The molecule has 3 rings (SSSR count). The van der Waals surface area contributed by atoms with E-state index in [9.17, 15) is 14.7 Å². The monoisotopic (exact) mass is 634 g/mol. The third kappa shape index (κ3) is 7.08. The summed E-state index contributed by atoms with van der Waals surface area (Å²) in [4.78, 5) is 23.9. The van der Waals surface area contributed by atoms with E-state index in [2.05, 4.69) is 10.6 Å². The Morgan fingerprint density at radius 2 is 2.03 bits per heavy atom. The van der Waals surface area contributed by atoms with E-state index in [-0.39, 0.29) is 25.5 Å². The smallest absolute Gasteiger partial charge is 0.247 e. The van der Waals surface area contributed by atoms with Crippen LogP contribution < -0.4 is 20.1 Å². The van der Waals surface area contributed by atoms with Crippen LogP contribution in [0, 0.1) is 3.57 Å². The molecular weight excluding hydrogens is 610 g/mol. The first-order chi connectivity index (χ1) is 16.8. The molecule has 0 saturated carbocycles. The first-order valence-corrected chi connectivity index (χ1v) is 12.5. The molecule has 35 heavy (non-hydrogen) atoms. The van der Waals surface area contributed by atoms with Crippen LogP contribution >= 0.6 is 45.8 Å². The zero-order valence-electron chi connectivity index (χ0n) is 18.8. The van der Waals surface area contributed by atoms with Gasteiger partial charge in [0.25, 0.3) is 0 Å². The van der Waals surface area contributed by atoms with Crippen molar-refractivity contribution in [1.29, 1.82) is 0 Å². The maximum atomic E-state index is 12.7. The van der Waals surface area contributed by atoms with Crippen molar-refractivity contribution in [2.75, 3.05) is 20.3 Å². The number of carbonyl (C=O) groups is 2. The molecule has 0 fully saturated rings. The quantitative estimate of drug-likeness (QED) is 0.234. The minimum absolute atomic E-state index is 0.102. The molecule has 0 saturated heterocycles. The summed E-state index contributed by atoms with van der Waals surface area (Å²) in [5, 5.41) is 27.0. The molecule has 0 bridgehead atoms. The van der Waals surface area contributed by atoms with Gasteiger partial charge in [0.2, 0.25) is 5.91 Å². The van der Waals surface area contributed by atoms with Gasteiger partial charge in [-0.2, -0.15) is 0 Å². The molecule has 3 atom stereocenters. The van der Waals surface area contributed by atoms with Gasteiger partial charge >= 0.3 is 0 Å². The number of nitrogens with one attached hydrogen (secondary N) is 2. The summed E-state index contributed by atoms with van der Waals surface area (Å²) in [6, 6.07) is 7.88. The Kier molecular flexibility index (Phi) is 10.2. The number of hydrogen-bond donors (Lipinski definition) is 4. The minimum Gasteiger partial charge on any atom is -0.493 e. The highest BCUT2D eigenvalue weighted by Crippen LogP contribution is 2.36. The summed E-state index contributed by atoms with van der Waals surface area (Å²) in [5.74, 6) is 0.315. The Morgan fingerprint density at radius 1 is 1.26 bits per heavy atom. The number of benzene rings is 2. The molecule has 2 aromatic carbocycles. The van der Waals surface area contributed by atoms with Gasteiger partial charge in [0.1, 0.15) is 18.5 Å². The van der Waals surface area contributed by atoms with E-state index in [1.165, 1.54) is 13.2 Å². The van der Waals surface area contributed by atoms with Gasteiger partial charge in [-0.3, -0.25) is 9.59 Å². The van der Waals surface area contributed by atoms with E-state index >= 15 is 0 Å². The van der Waals surface area contributed by atoms with E-state index in [0.717, 1.165) is 5.56 Å². The highest BCUT2D eigenvalue weighted by molar-refractivity contribution is 14.1. The molecule has 188 valence electrons. The van der Waals surface area contributed by atoms with Crippen LogP contribution in [0.2, 0.25) is 10.0 Å². The summed E-state index contributed by atoms with van der Waals surface area (Å²) in [5.41, 5.74) is 1.67. The number of methoxy groups -OCH3 is 1. The number of halogens is 3. The number of aliphatic hydroxyl groups is 2. The Hall–Kier alpha value is -1.89. The Labute approximate surface area is 226 Å². The molecular formula is C24H25Cl2IN2O6. The third-order valence-electron chi connectivity index (χ3n) is 5.44. The predicted octanol–water partition coefficient (Wildman–Crippen LogP) is 3.12. The van der Waals surface area contributed by atoms with Crippen LogP contribution in [0.15, 0.2) is 42.0 Å². The first kappa shape index (κ1) is 27.7. The Balaban J connectivity index is 1.87. The van der Waals surface area contributed by atoms with Crippen LogP contribution in [0.5, 0.6) is 11.5 Å². The van der Waals surface area contributed by atoms with Crippen LogP contribution in [-0.2, 0) is 11.3 Å². The van der Waals surface area contributed by atoms with Crippen LogP contribution in [0.1, 0.15) is 22.3 Å². The fourth-order valence-corrected chi connectivity index (χ4v) is 4.73. The lowest BCUT2D eigenvalue weighted by atomic mass is 9.89. The average molecular weight is 635 g/mol. The number of rotatable bonds is 10. The van der Waals surface area contributed by atoms with Crippen molar-refractivity contribution >= 4 is 58.0 Å². The second kappa shape index (κ2) is 12.9. The number of aliphatic hydroxyl groups excluding tert-OH is 2. The predicted molar refractivity (Wildman–Crippen MR) is 141 cm³/mol. The summed E-state index contributed by atoms with van der Waals surface area (Å²) in [6.07, 6.45) is 0.597. The lowest BCUT2D eigenvalue weighted by Gasteiger charge is -2.34. The number of amides is 1. The van der Waals surface area contributed by atoms with Crippen molar-refractivity contribution in [3.63, 3.8) is 0 Å². The minimum atomic E-state index is -1.02. The Morgan fingerprint density at radius 3 is 2.69 bits per heavy atom. The topological polar surface area (TPSA) is 117 Å². The van der Waals surface area contributed by atoms with Gasteiger partial charge in [-0.1, -0.05) is 29.3 Å². The molecule has 0 radical (unpaired) electrons. The number of carbonyl (C=O) groups excluding carboxylic acids is 2. The van der Waals surface area contributed by atoms with Crippen molar-refractivity contribution in [3.8, 4) is 11.5 Å². The van der Waals surface area contributed by atoms with Crippen LogP contribution in [0.25, 0.3) is 0 Å². The van der Waals surface area contributed by atoms with Gasteiger partial charge in [0.05, 0.1) is 27.3 Å². The summed E-state index contributed by atoms with van der Waals surface area (Å²) in [7, 11) is 1.45. The van der Waals surface area contributed by atoms with E-state index in [0.29, 0.717) is 49.1 Å². The second-order valence-corrected chi connectivity index (χ2v) is 9.81. The van der Waals surface area contributed by atoms with Gasteiger partial charge < -0.3 is 30.3 Å². The molecule has 0 aromatic heterocycles. The molecule has 1 aliphatic carbocycles. The first-order valence-electron chi connectivity index (χ1n) is 10.7. The standard InChI is InChI=1S/C24H25Cl2IN2O6/c1-34-21-8-14(12-31)7-18(27)23(21)35-20-10-15(24(33)28-4-5-30)9-19(22(20)32)29-11-13-2-3-16(25)17(26)6-13/h2-3,6-8,10,12,19-20,22,29-30,32H,4-5,9,11H2,1H3,(H,28,33). The molecule has 1 aliphatic rings. The van der Waals surface area contributed by atoms with E-state index in [1.54, 1.807) is 24.3 Å². The maximum absolute atomic E-state index is 12.7. The van der Waals surface area contributed by atoms with Crippen LogP contribution in [0.3, 0.4) is 0 Å². The molecule has 3 unspecified atom stereocenters. The van der Waals surface area contributed by atoms with E-state index in [4.69, 9.17) is 37.8 Å². The molecule has 0 aliphatic heterocycles. The Bertz CT molecular complexity index is 1110. The third-order valence-corrected chi connectivity index (χ3v) is 6.98. The summed E-state index contributed by atoms with van der Waals surface area (Å²) in [6.45, 7) is 0.273. The normalized spacial score (nSPS) is 19.6. The molecule has 4 N–H and O–H groups in total. The zero-order valence-corrected chi connectivity index (χ0v) is 22.4. The SMILES string of the molecule is COc1cc(C=O)cc(I)c1OC1C=C(C(=O)NCCO)CC(NCc2ccc(Cl)c(Cl)c2)C1O. The summed E-state index contributed by atoms with van der Waals surface area (Å²) >= 11 is 14.1. The summed E-state index contributed by atoms with van der Waals surface area (Å²) < 4.78 is 12.1. The fraction of sp³-hybridized carbons (Fsp3) is 0.333. The van der Waals surface area contributed by atoms with Crippen molar-refractivity contribution in [2.45, 2.75) is 31.2 Å². The van der Waals surface area contributed by atoms with E-state index in [1.807, 2.05) is 28.7 Å². The number of aldehydes is 1.